The highest BCUT2D eigenvalue weighted by Crippen LogP contribution is 2.11. The van der Waals surface area contributed by atoms with Crippen LogP contribution in [0.3, 0.4) is 0 Å². The average Bonchev–Trinajstić information content (AvgIpc) is 2.77. The molecule has 18 heavy (non-hydrogen) atoms. The van der Waals surface area contributed by atoms with Crippen molar-refractivity contribution in [3.8, 4) is 0 Å². The summed E-state index contributed by atoms with van der Waals surface area (Å²) in [5.41, 5.74) is 4.60. The van der Waals surface area contributed by atoms with Crippen molar-refractivity contribution in [3.05, 3.63) is 16.1 Å². The first-order valence-electron chi connectivity index (χ1n) is 5.55. The summed E-state index contributed by atoms with van der Waals surface area (Å²) >= 11 is 1.31. The van der Waals surface area contributed by atoms with Crippen LogP contribution in [0.15, 0.2) is 5.38 Å². The molecule has 0 aliphatic rings. The number of nitrogens with zero attached hydrogens (tertiary/aromatic N) is 1. The molecule has 0 saturated carbocycles. The minimum absolute atomic E-state index is 0.262. The van der Waals surface area contributed by atoms with Crippen molar-refractivity contribution >= 4 is 23.2 Å². The molecular weight excluding hydrogens is 254 g/mol. The SMILES string of the molecule is CCOC(=O)C(C)(C)NC(=O)c1csc(CN)n1. The second-order valence-electron chi connectivity index (χ2n) is 4.13. The number of ether oxygens (including phenoxy) is 1. The predicted octanol–water partition coefficient (Wildman–Crippen LogP) is 0.673. The lowest BCUT2D eigenvalue weighted by Gasteiger charge is -2.23. The van der Waals surface area contributed by atoms with E-state index in [0.717, 1.165) is 0 Å². The van der Waals surface area contributed by atoms with Crippen LogP contribution in [-0.2, 0) is 16.1 Å². The molecule has 1 rings (SSSR count). The van der Waals surface area contributed by atoms with Crippen LogP contribution >= 0.6 is 11.3 Å². The van der Waals surface area contributed by atoms with Gasteiger partial charge in [-0.1, -0.05) is 0 Å². The van der Waals surface area contributed by atoms with Crippen LogP contribution in [0.5, 0.6) is 0 Å². The Labute approximate surface area is 110 Å². The second-order valence-corrected chi connectivity index (χ2v) is 5.07. The van der Waals surface area contributed by atoms with E-state index >= 15 is 0 Å². The van der Waals surface area contributed by atoms with Gasteiger partial charge in [-0.2, -0.15) is 0 Å². The molecule has 0 unspecified atom stereocenters. The first-order chi connectivity index (χ1) is 8.40. The molecule has 0 aliphatic heterocycles. The van der Waals surface area contributed by atoms with Gasteiger partial charge in [-0.25, -0.2) is 9.78 Å². The summed E-state index contributed by atoms with van der Waals surface area (Å²) < 4.78 is 4.88. The number of amides is 1. The molecule has 0 aromatic carbocycles. The average molecular weight is 271 g/mol. The number of hydrogen-bond acceptors (Lipinski definition) is 6. The Hall–Kier alpha value is -1.47. The number of carbonyl (C=O) groups is 2. The van der Waals surface area contributed by atoms with E-state index in [0.29, 0.717) is 11.6 Å². The van der Waals surface area contributed by atoms with Gasteiger partial charge in [0.25, 0.3) is 5.91 Å². The fourth-order valence-electron chi connectivity index (χ4n) is 1.22. The first kappa shape index (κ1) is 14.6. The number of aromatic nitrogens is 1. The molecule has 0 saturated heterocycles. The molecule has 1 heterocycles. The number of carbonyl (C=O) groups excluding carboxylic acids is 2. The second kappa shape index (κ2) is 5.92. The molecule has 1 amide bonds. The first-order valence-corrected chi connectivity index (χ1v) is 6.43. The van der Waals surface area contributed by atoms with Crippen molar-refractivity contribution in [2.75, 3.05) is 6.61 Å². The zero-order valence-corrected chi connectivity index (χ0v) is 11.5. The Morgan fingerprint density at radius 2 is 2.22 bits per heavy atom. The highest BCUT2D eigenvalue weighted by molar-refractivity contribution is 7.09. The number of nitrogens with two attached hydrogens (primary N) is 1. The van der Waals surface area contributed by atoms with Gasteiger partial charge in [-0.3, -0.25) is 4.79 Å². The number of thiazole rings is 1. The largest absolute Gasteiger partial charge is 0.464 e. The summed E-state index contributed by atoms with van der Waals surface area (Å²) in [6, 6.07) is 0. The molecule has 0 spiro atoms. The Balaban J connectivity index is 2.71. The third kappa shape index (κ3) is 3.51. The summed E-state index contributed by atoms with van der Waals surface area (Å²) in [6.45, 7) is 5.44. The monoisotopic (exact) mass is 271 g/mol. The minimum atomic E-state index is -1.08. The summed E-state index contributed by atoms with van der Waals surface area (Å²) in [5.74, 6) is -0.892. The fourth-order valence-corrected chi connectivity index (χ4v) is 1.87. The van der Waals surface area contributed by atoms with Gasteiger partial charge in [-0.15, -0.1) is 11.3 Å². The number of esters is 1. The molecular formula is C11H17N3O3S. The lowest BCUT2D eigenvalue weighted by atomic mass is 10.1. The maximum atomic E-state index is 11.9. The van der Waals surface area contributed by atoms with Crippen LogP contribution in [0.1, 0.15) is 36.3 Å². The van der Waals surface area contributed by atoms with Crippen LogP contribution in [0, 0.1) is 0 Å². The van der Waals surface area contributed by atoms with Crippen LogP contribution < -0.4 is 11.1 Å². The molecule has 0 radical (unpaired) electrons. The highest BCUT2D eigenvalue weighted by atomic mass is 32.1. The van der Waals surface area contributed by atoms with E-state index in [1.165, 1.54) is 11.3 Å². The fraction of sp³-hybridized carbons (Fsp3) is 0.545. The van der Waals surface area contributed by atoms with Crippen molar-refractivity contribution in [1.29, 1.82) is 0 Å². The molecule has 100 valence electrons. The molecule has 0 bridgehead atoms. The van der Waals surface area contributed by atoms with Crippen molar-refractivity contribution in [2.24, 2.45) is 5.73 Å². The highest BCUT2D eigenvalue weighted by Gasteiger charge is 2.31. The van der Waals surface area contributed by atoms with Crippen LogP contribution in [0.2, 0.25) is 0 Å². The normalized spacial score (nSPS) is 11.1. The van der Waals surface area contributed by atoms with E-state index < -0.39 is 17.4 Å². The van der Waals surface area contributed by atoms with Crippen LogP contribution in [0.4, 0.5) is 0 Å². The van der Waals surface area contributed by atoms with E-state index in [9.17, 15) is 9.59 Å². The standard InChI is InChI=1S/C11H17N3O3S/c1-4-17-10(16)11(2,3)14-9(15)7-6-18-8(5-12)13-7/h6H,4-5,12H2,1-3H3,(H,14,15). The Bertz CT molecular complexity index is 442. The summed E-state index contributed by atoms with van der Waals surface area (Å²) in [4.78, 5) is 27.5. The topological polar surface area (TPSA) is 94.3 Å². The third-order valence-electron chi connectivity index (χ3n) is 2.17. The molecule has 6 nitrogen and oxygen atoms in total. The van der Waals surface area contributed by atoms with Gasteiger partial charge in [0.05, 0.1) is 6.61 Å². The lowest BCUT2D eigenvalue weighted by molar-refractivity contribution is -0.149. The van der Waals surface area contributed by atoms with Crippen molar-refractivity contribution < 1.29 is 14.3 Å². The molecule has 1 aromatic heterocycles. The van der Waals surface area contributed by atoms with E-state index in [-0.39, 0.29) is 12.3 Å². The molecule has 7 heteroatoms. The number of hydrogen-bond donors (Lipinski definition) is 2. The summed E-state index contributed by atoms with van der Waals surface area (Å²) in [7, 11) is 0. The molecule has 0 aliphatic carbocycles. The van der Waals surface area contributed by atoms with Crippen LogP contribution in [-0.4, -0.2) is 29.0 Å². The quantitative estimate of drug-likeness (QED) is 0.768. The zero-order chi connectivity index (χ0) is 13.8. The van der Waals surface area contributed by atoms with Crippen LogP contribution in [0.25, 0.3) is 0 Å². The lowest BCUT2D eigenvalue weighted by Crippen LogP contribution is -2.50. The smallest absolute Gasteiger partial charge is 0.331 e. The molecule has 0 fully saturated rings. The Kier molecular flexibility index (Phi) is 4.80. The van der Waals surface area contributed by atoms with Crippen molar-refractivity contribution in [3.63, 3.8) is 0 Å². The summed E-state index contributed by atoms with van der Waals surface area (Å²) in [6.07, 6.45) is 0. The maximum absolute atomic E-state index is 11.9. The van der Waals surface area contributed by atoms with Gasteiger partial charge in [0.2, 0.25) is 0 Å². The maximum Gasteiger partial charge on any atom is 0.331 e. The summed E-state index contributed by atoms with van der Waals surface area (Å²) in [5, 5.41) is 4.87. The molecule has 0 atom stereocenters. The van der Waals surface area contributed by atoms with Gasteiger partial charge in [-0.05, 0) is 20.8 Å². The Morgan fingerprint density at radius 3 is 2.72 bits per heavy atom. The third-order valence-corrected chi connectivity index (χ3v) is 3.04. The van der Waals surface area contributed by atoms with Gasteiger partial charge >= 0.3 is 5.97 Å². The predicted molar refractivity (Wildman–Crippen MR) is 68.2 cm³/mol. The van der Waals surface area contributed by atoms with Gasteiger partial charge in [0.15, 0.2) is 0 Å². The van der Waals surface area contributed by atoms with Gasteiger partial charge in [0.1, 0.15) is 16.2 Å². The number of rotatable bonds is 5. The van der Waals surface area contributed by atoms with E-state index in [1.807, 2.05) is 0 Å². The van der Waals surface area contributed by atoms with Crippen molar-refractivity contribution in [2.45, 2.75) is 32.9 Å². The Morgan fingerprint density at radius 1 is 1.56 bits per heavy atom. The zero-order valence-electron chi connectivity index (χ0n) is 10.6. The molecule has 3 N–H and O–H groups in total. The van der Waals surface area contributed by atoms with E-state index in [1.54, 1.807) is 26.2 Å². The van der Waals surface area contributed by atoms with E-state index in [2.05, 4.69) is 10.3 Å². The number of nitrogens with one attached hydrogen (secondary N) is 1. The minimum Gasteiger partial charge on any atom is -0.464 e. The van der Waals surface area contributed by atoms with Gasteiger partial charge < -0.3 is 15.8 Å². The van der Waals surface area contributed by atoms with E-state index in [4.69, 9.17) is 10.5 Å². The van der Waals surface area contributed by atoms with Gasteiger partial charge in [0, 0.05) is 11.9 Å². The van der Waals surface area contributed by atoms with Crippen molar-refractivity contribution in [1.82, 2.24) is 10.3 Å². The molecule has 1 aromatic rings.